The Morgan fingerprint density at radius 3 is 1.50 bits per heavy atom. The van der Waals surface area contributed by atoms with Crippen molar-refractivity contribution in [2.75, 3.05) is 24.0 Å². The smallest absolute Gasteiger partial charge is 0.0136 e. The van der Waals surface area contributed by atoms with E-state index in [0.29, 0.717) is 0 Å². The fraction of sp³-hybridized carbons (Fsp3) is 1.00. The molecule has 0 nitrogen and oxygen atoms in total. The summed E-state index contributed by atoms with van der Waals surface area (Å²) in [5.41, 5.74) is 0. The minimum atomic E-state index is 1.27. The van der Waals surface area contributed by atoms with Crippen LogP contribution in [-0.2, 0) is 0 Å². The number of hydrogen-bond acceptors (Lipinski definition) is 4. The van der Waals surface area contributed by atoms with Gasteiger partial charge in [0.25, 0.3) is 0 Å². The Kier molecular flexibility index (Phi) is 9.87. The van der Waals surface area contributed by atoms with Crippen LogP contribution in [0, 0.1) is 0 Å². The Bertz CT molecular complexity index is 33.0. The molecule has 0 amide bonds. The lowest BCUT2D eigenvalue weighted by Crippen LogP contribution is -1.75. The molecule has 0 aliphatic heterocycles. The topological polar surface area (TPSA) is 0 Å². The van der Waals surface area contributed by atoms with Crippen molar-refractivity contribution in [3.8, 4) is 0 Å². The van der Waals surface area contributed by atoms with Gasteiger partial charge in [0.2, 0.25) is 0 Å². The predicted octanol–water partition coefficient (Wildman–Crippen LogP) is 3.01. The van der Waals surface area contributed by atoms with Crippen LogP contribution >= 0.6 is 43.2 Å². The first kappa shape index (κ1) is 9.40. The van der Waals surface area contributed by atoms with E-state index in [4.69, 9.17) is 0 Å². The highest BCUT2D eigenvalue weighted by Gasteiger charge is 1.84. The van der Waals surface area contributed by atoms with E-state index in [2.05, 4.69) is 12.5 Å². The van der Waals surface area contributed by atoms with E-state index in [1.807, 2.05) is 43.2 Å². The van der Waals surface area contributed by atoms with Gasteiger partial charge in [0.15, 0.2) is 0 Å². The maximum atomic E-state index is 2.12. The second kappa shape index (κ2) is 8.40. The van der Waals surface area contributed by atoms with Crippen LogP contribution in [-0.4, -0.2) is 24.0 Å². The summed E-state index contributed by atoms with van der Waals surface area (Å²) >= 11 is 0. The van der Waals surface area contributed by atoms with E-state index in [-0.39, 0.29) is 0 Å². The summed E-state index contributed by atoms with van der Waals surface area (Å²) < 4.78 is 0. The molecule has 0 saturated heterocycles. The largest absolute Gasteiger partial charge is 0.0976 e. The van der Waals surface area contributed by atoms with Crippen molar-refractivity contribution >= 4 is 43.2 Å². The third-order valence-corrected chi connectivity index (χ3v) is 4.37. The van der Waals surface area contributed by atoms with Crippen LogP contribution in [0.15, 0.2) is 0 Å². The van der Waals surface area contributed by atoms with E-state index in [9.17, 15) is 0 Å². The lowest BCUT2D eigenvalue weighted by atomic mass is 11.0. The molecule has 0 atom stereocenters. The second-order valence-electron chi connectivity index (χ2n) is 0.977. The van der Waals surface area contributed by atoms with E-state index < -0.39 is 0 Å². The first-order valence-electron chi connectivity index (χ1n) is 2.23. The van der Waals surface area contributed by atoms with Crippen LogP contribution in [0.2, 0.25) is 0 Å². The molecule has 0 saturated carbocycles. The summed E-state index contributed by atoms with van der Waals surface area (Å²) in [6.07, 6.45) is 4.24. The summed E-state index contributed by atoms with van der Waals surface area (Å²) in [6.45, 7) is 0. The summed E-state index contributed by atoms with van der Waals surface area (Å²) in [5.74, 6) is 2.54. The Morgan fingerprint density at radius 2 is 1.25 bits per heavy atom. The maximum Gasteiger partial charge on any atom is 0.0136 e. The van der Waals surface area contributed by atoms with Crippen LogP contribution in [0.3, 0.4) is 0 Å². The van der Waals surface area contributed by atoms with Gasteiger partial charge < -0.3 is 0 Å². The van der Waals surface area contributed by atoms with Crippen molar-refractivity contribution in [2.24, 2.45) is 0 Å². The molecule has 50 valence electrons. The fourth-order valence-electron chi connectivity index (χ4n) is 0.235. The standard InChI is InChI=1S/C4H10S4/c1-5-7-3-4-8-6-2/h3-4H2,1-2H3. The minimum Gasteiger partial charge on any atom is -0.0976 e. The minimum absolute atomic E-state index is 1.27. The first-order chi connectivity index (χ1) is 3.91. The Morgan fingerprint density at radius 1 is 0.875 bits per heavy atom. The van der Waals surface area contributed by atoms with E-state index >= 15 is 0 Å². The molecule has 0 spiro atoms. The van der Waals surface area contributed by atoms with Crippen molar-refractivity contribution in [2.45, 2.75) is 0 Å². The van der Waals surface area contributed by atoms with Crippen molar-refractivity contribution in [3.05, 3.63) is 0 Å². The van der Waals surface area contributed by atoms with Gasteiger partial charge in [-0.15, -0.1) is 0 Å². The summed E-state index contributed by atoms with van der Waals surface area (Å²) in [6, 6.07) is 0. The van der Waals surface area contributed by atoms with E-state index in [0.717, 1.165) is 0 Å². The van der Waals surface area contributed by atoms with Gasteiger partial charge in [-0.1, -0.05) is 43.2 Å². The third kappa shape index (κ3) is 7.40. The monoisotopic (exact) mass is 186 g/mol. The number of rotatable bonds is 5. The van der Waals surface area contributed by atoms with Gasteiger partial charge in [0.1, 0.15) is 0 Å². The Labute approximate surface area is 67.1 Å². The summed E-state index contributed by atoms with van der Waals surface area (Å²) in [7, 11) is 7.55. The normalized spacial score (nSPS) is 9.75. The molecule has 4 heteroatoms. The van der Waals surface area contributed by atoms with Crippen LogP contribution in [0.25, 0.3) is 0 Å². The molecule has 0 aromatic heterocycles. The van der Waals surface area contributed by atoms with Gasteiger partial charge in [-0.3, -0.25) is 0 Å². The molecule has 0 unspecified atom stereocenters. The lowest BCUT2D eigenvalue weighted by molar-refractivity contribution is 1.58. The average molecular weight is 186 g/mol. The molecule has 0 aliphatic rings. The molecule has 0 heterocycles. The highest BCUT2D eigenvalue weighted by atomic mass is 33.1. The van der Waals surface area contributed by atoms with Gasteiger partial charge in [-0.2, -0.15) is 0 Å². The Hall–Kier alpha value is 1.40. The SMILES string of the molecule is CSSCCSSC. The highest BCUT2D eigenvalue weighted by Crippen LogP contribution is 2.22. The van der Waals surface area contributed by atoms with Crippen LogP contribution < -0.4 is 0 Å². The molecule has 0 aromatic carbocycles. The van der Waals surface area contributed by atoms with Crippen LogP contribution in [0.4, 0.5) is 0 Å². The van der Waals surface area contributed by atoms with Crippen molar-refractivity contribution in [1.82, 2.24) is 0 Å². The van der Waals surface area contributed by atoms with Gasteiger partial charge in [-0.25, -0.2) is 0 Å². The second-order valence-corrected chi connectivity index (χ2v) is 6.35. The Balaban J connectivity index is 2.53. The van der Waals surface area contributed by atoms with E-state index in [1.165, 1.54) is 11.5 Å². The third-order valence-electron chi connectivity index (χ3n) is 0.486. The van der Waals surface area contributed by atoms with Gasteiger partial charge in [0, 0.05) is 11.5 Å². The summed E-state index contributed by atoms with van der Waals surface area (Å²) in [5, 5.41) is 0. The molecule has 0 radical (unpaired) electrons. The molecule has 0 rings (SSSR count). The zero-order valence-electron chi connectivity index (χ0n) is 5.05. The molecule has 0 aromatic rings. The molecular formula is C4H10S4. The quantitative estimate of drug-likeness (QED) is 0.478. The zero-order valence-corrected chi connectivity index (χ0v) is 8.31. The van der Waals surface area contributed by atoms with Crippen LogP contribution in [0.1, 0.15) is 0 Å². The van der Waals surface area contributed by atoms with E-state index in [1.54, 1.807) is 0 Å². The fourth-order valence-corrected chi connectivity index (χ4v) is 3.34. The molecule has 0 N–H and O–H groups in total. The van der Waals surface area contributed by atoms with Gasteiger partial charge in [-0.05, 0) is 12.5 Å². The zero-order chi connectivity index (χ0) is 6.24. The van der Waals surface area contributed by atoms with Crippen molar-refractivity contribution in [1.29, 1.82) is 0 Å². The maximum absolute atomic E-state index is 2.12. The molecule has 8 heavy (non-hydrogen) atoms. The predicted molar refractivity (Wildman–Crippen MR) is 51.9 cm³/mol. The van der Waals surface area contributed by atoms with Gasteiger partial charge in [0.05, 0.1) is 0 Å². The number of hydrogen-bond donors (Lipinski definition) is 0. The summed E-state index contributed by atoms with van der Waals surface area (Å²) in [4.78, 5) is 0. The van der Waals surface area contributed by atoms with Crippen LogP contribution in [0.5, 0.6) is 0 Å². The lowest BCUT2D eigenvalue weighted by Gasteiger charge is -1.92. The average Bonchev–Trinajstić information content (AvgIpc) is 1.81. The molecule has 0 aliphatic carbocycles. The molecular weight excluding hydrogens is 176 g/mol. The molecule has 0 bridgehead atoms. The first-order valence-corrected chi connectivity index (χ1v) is 7.68. The highest BCUT2D eigenvalue weighted by molar-refractivity contribution is 8.78. The van der Waals surface area contributed by atoms with Gasteiger partial charge >= 0.3 is 0 Å². The van der Waals surface area contributed by atoms with Crippen molar-refractivity contribution in [3.63, 3.8) is 0 Å². The molecule has 0 fully saturated rings. The van der Waals surface area contributed by atoms with Crippen molar-refractivity contribution < 1.29 is 0 Å².